The molecule has 1 spiro atoms. The highest BCUT2D eigenvalue weighted by atomic mass is 32.2. The molecule has 0 bridgehead atoms. The number of carbonyl (C=O) groups excluding carboxylic acids is 2. The summed E-state index contributed by atoms with van der Waals surface area (Å²) in [5, 5.41) is 7.07. The van der Waals surface area contributed by atoms with Crippen LogP contribution in [0, 0.1) is 0 Å². The number of sulfonamides is 1. The minimum Gasteiger partial charge on any atom is -0.444 e. The average molecular weight is 596 g/mol. The van der Waals surface area contributed by atoms with E-state index in [1.54, 1.807) is 51.2 Å². The van der Waals surface area contributed by atoms with Crippen LogP contribution < -0.4 is 10.6 Å². The van der Waals surface area contributed by atoms with E-state index < -0.39 is 21.7 Å². The summed E-state index contributed by atoms with van der Waals surface area (Å²) in [5.74, 6) is 0.274. The molecule has 1 aliphatic carbocycles. The van der Waals surface area contributed by atoms with Gasteiger partial charge in [0, 0.05) is 50.0 Å². The molecular formula is C29H37N7O5S. The second kappa shape index (κ2) is 10.5. The maximum Gasteiger partial charge on any atom is 0.410 e. The first-order valence-electron chi connectivity index (χ1n) is 14.5. The second-order valence-corrected chi connectivity index (χ2v) is 14.3. The topological polar surface area (TPSA) is 139 Å². The number of rotatable bonds is 4. The molecule has 2 aliphatic heterocycles. The van der Waals surface area contributed by atoms with Crippen LogP contribution in [0.3, 0.4) is 0 Å². The van der Waals surface area contributed by atoms with Crippen molar-refractivity contribution in [2.24, 2.45) is 0 Å². The smallest absolute Gasteiger partial charge is 0.410 e. The van der Waals surface area contributed by atoms with E-state index in [9.17, 15) is 18.0 Å². The zero-order valence-electron chi connectivity index (χ0n) is 24.2. The van der Waals surface area contributed by atoms with Gasteiger partial charge in [0.15, 0.2) is 0 Å². The molecule has 2 amide bonds. The minimum atomic E-state index is -3.73. The van der Waals surface area contributed by atoms with E-state index in [-0.39, 0.29) is 42.5 Å². The highest BCUT2D eigenvalue weighted by Gasteiger charge is 2.41. The molecule has 1 aromatic carbocycles. The van der Waals surface area contributed by atoms with Crippen LogP contribution >= 0.6 is 0 Å². The Morgan fingerprint density at radius 1 is 1.05 bits per heavy atom. The number of benzene rings is 1. The van der Waals surface area contributed by atoms with Crippen LogP contribution in [0.1, 0.15) is 63.4 Å². The van der Waals surface area contributed by atoms with Crippen molar-refractivity contribution in [2.45, 2.75) is 68.9 Å². The van der Waals surface area contributed by atoms with E-state index in [1.807, 2.05) is 6.07 Å². The van der Waals surface area contributed by atoms with Gasteiger partial charge in [-0.2, -0.15) is 9.29 Å². The Labute approximate surface area is 245 Å². The molecular weight excluding hydrogens is 558 g/mol. The molecule has 13 heteroatoms. The van der Waals surface area contributed by atoms with Gasteiger partial charge in [-0.25, -0.2) is 18.2 Å². The van der Waals surface area contributed by atoms with Crippen LogP contribution in [-0.4, -0.2) is 82.5 Å². The van der Waals surface area contributed by atoms with E-state index in [0.717, 1.165) is 36.7 Å². The van der Waals surface area contributed by atoms with Crippen LogP contribution in [0.2, 0.25) is 0 Å². The lowest BCUT2D eigenvalue weighted by atomic mass is 9.80. The van der Waals surface area contributed by atoms with Crippen molar-refractivity contribution in [3.8, 4) is 0 Å². The summed E-state index contributed by atoms with van der Waals surface area (Å²) in [5.41, 5.74) is 1.19. The van der Waals surface area contributed by atoms with Crippen LogP contribution in [0.15, 0.2) is 41.4 Å². The van der Waals surface area contributed by atoms with Gasteiger partial charge in [0.25, 0.3) is 5.91 Å². The molecule has 0 radical (unpaired) electrons. The van der Waals surface area contributed by atoms with E-state index in [1.165, 1.54) is 15.6 Å². The monoisotopic (exact) mass is 595 g/mol. The van der Waals surface area contributed by atoms with E-state index in [4.69, 9.17) is 9.72 Å². The molecule has 3 aliphatic rings. The summed E-state index contributed by atoms with van der Waals surface area (Å²) in [4.78, 5) is 36.0. The summed E-state index contributed by atoms with van der Waals surface area (Å²) >= 11 is 0. The number of nitrogens with zero attached hydrogens (tertiary/aromatic N) is 5. The standard InChI is InChI=1S/C29H37N7O5S/c1-28(2,3)41-27(38)34-13-15-35(16-14-34)42(39,40)22-9-7-21(8-10-22)32-26-30-18-20-17-23-25(37)31-19-29(11-5-4-6-12-29)36(23)24(20)33-26/h7-10,17-18H,4-6,11-16,19H2,1-3H3,(H,31,37)(H,30,32,33). The fourth-order valence-corrected chi connectivity index (χ4v) is 7.57. The summed E-state index contributed by atoms with van der Waals surface area (Å²) in [6.07, 6.45) is 6.68. The molecule has 224 valence electrons. The predicted octanol–water partition coefficient (Wildman–Crippen LogP) is 3.82. The first-order valence-corrected chi connectivity index (χ1v) is 15.9. The van der Waals surface area contributed by atoms with Crippen molar-refractivity contribution >= 4 is 44.7 Å². The molecule has 4 heterocycles. The molecule has 3 aromatic rings. The number of ether oxygens (including phenoxy) is 1. The summed E-state index contributed by atoms with van der Waals surface area (Å²) in [7, 11) is -3.73. The first kappa shape index (κ1) is 28.4. The van der Waals surface area contributed by atoms with Gasteiger partial charge in [-0.3, -0.25) is 4.79 Å². The van der Waals surface area contributed by atoms with Crippen LogP contribution in [-0.2, 0) is 20.3 Å². The van der Waals surface area contributed by atoms with Gasteiger partial charge in [0.05, 0.1) is 10.4 Å². The minimum absolute atomic E-state index is 0.0956. The number of anilines is 2. The lowest BCUT2D eigenvalue weighted by Gasteiger charge is -2.42. The predicted molar refractivity (Wildman–Crippen MR) is 157 cm³/mol. The number of piperazine rings is 1. The third-order valence-corrected chi connectivity index (χ3v) is 10.2. The van der Waals surface area contributed by atoms with Gasteiger partial charge in [-0.1, -0.05) is 19.3 Å². The second-order valence-electron chi connectivity index (χ2n) is 12.3. The zero-order valence-corrected chi connectivity index (χ0v) is 25.0. The maximum atomic E-state index is 13.3. The number of carbonyl (C=O) groups is 2. The Kier molecular flexibility index (Phi) is 7.12. The lowest BCUT2D eigenvalue weighted by molar-refractivity contribution is 0.0192. The molecule has 2 fully saturated rings. The molecule has 1 saturated carbocycles. The van der Waals surface area contributed by atoms with E-state index >= 15 is 0 Å². The molecule has 2 N–H and O–H groups in total. The highest BCUT2D eigenvalue weighted by Crippen LogP contribution is 2.40. The van der Waals surface area contributed by atoms with E-state index in [0.29, 0.717) is 23.9 Å². The van der Waals surface area contributed by atoms with Crippen LogP contribution in [0.25, 0.3) is 11.0 Å². The molecule has 6 rings (SSSR count). The normalized spacial score (nSPS) is 19.4. The van der Waals surface area contributed by atoms with Gasteiger partial charge in [-0.15, -0.1) is 0 Å². The zero-order chi connectivity index (χ0) is 29.7. The third kappa shape index (κ3) is 5.31. The number of amides is 2. The fourth-order valence-electron chi connectivity index (χ4n) is 6.15. The third-order valence-electron chi connectivity index (χ3n) is 8.25. The fraction of sp³-hybridized carbons (Fsp3) is 0.517. The molecule has 2 aromatic heterocycles. The largest absolute Gasteiger partial charge is 0.444 e. The number of aromatic nitrogens is 3. The SMILES string of the molecule is CC(C)(C)OC(=O)N1CCN(S(=O)(=O)c2ccc(Nc3ncc4cc5n(c4n3)C3(CCCCC3)CNC5=O)cc2)CC1. The van der Waals surface area contributed by atoms with Crippen LogP contribution in [0.5, 0.6) is 0 Å². The van der Waals surface area contributed by atoms with Crippen LogP contribution in [0.4, 0.5) is 16.4 Å². The Balaban J connectivity index is 1.17. The Hall–Kier alpha value is -3.71. The average Bonchev–Trinajstić information content (AvgIpc) is 3.36. The van der Waals surface area contributed by atoms with Crippen molar-refractivity contribution in [1.29, 1.82) is 0 Å². The highest BCUT2D eigenvalue weighted by molar-refractivity contribution is 7.89. The molecule has 42 heavy (non-hydrogen) atoms. The Morgan fingerprint density at radius 3 is 2.40 bits per heavy atom. The first-order chi connectivity index (χ1) is 20.0. The summed E-state index contributed by atoms with van der Waals surface area (Å²) < 4.78 is 35.5. The molecule has 0 unspecified atom stereocenters. The molecule has 12 nitrogen and oxygen atoms in total. The quantitative estimate of drug-likeness (QED) is 0.464. The number of hydrogen-bond donors (Lipinski definition) is 2. The number of hydrogen-bond acceptors (Lipinski definition) is 8. The van der Waals surface area contributed by atoms with Gasteiger partial charge in [0.2, 0.25) is 16.0 Å². The van der Waals surface area contributed by atoms with Gasteiger partial charge in [0.1, 0.15) is 16.9 Å². The maximum absolute atomic E-state index is 13.3. The van der Waals surface area contributed by atoms with Gasteiger partial charge < -0.3 is 24.8 Å². The molecule has 1 saturated heterocycles. The van der Waals surface area contributed by atoms with Gasteiger partial charge in [-0.05, 0) is 63.9 Å². The lowest BCUT2D eigenvalue weighted by Crippen LogP contribution is -2.52. The Morgan fingerprint density at radius 2 is 1.74 bits per heavy atom. The molecule has 0 atom stereocenters. The van der Waals surface area contributed by atoms with Crippen molar-refractivity contribution < 1.29 is 22.7 Å². The van der Waals surface area contributed by atoms with Crippen molar-refractivity contribution in [1.82, 2.24) is 29.1 Å². The summed E-state index contributed by atoms with van der Waals surface area (Å²) in [6.45, 7) is 6.91. The number of fused-ring (bicyclic) bond motifs is 4. The summed E-state index contributed by atoms with van der Waals surface area (Å²) in [6, 6.07) is 8.33. The van der Waals surface area contributed by atoms with Gasteiger partial charge >= 0.3 is 6.09 Å². The van der Waals surface area contributed by atoms with Crippen molar-refractivity contribution in [3.05, 3.63) is 42.2 Å². The van der Waals surface area contributed by atoms with Crippen molar-refractivity contribution in [2.75, 3.05) is 38.0 Å². The van der Waals surface area contributed by atoms with Crippen molar-refractivity contribution in [3.63, 3.8) is 0 Å². The Bertz CT molecular complexity index is 1610. The van der Waals surface area contributed by atoms with E-state index in [2.05, 4.69) is 20.2 Å². The number of nitrogens with one attached hydrogen (secondary N) is 2.